The van der Waals surface area contributed by atoms with Gasteiger partial charge in [-0.3, -0.25) is 4.90 Å². The Balaban J connectivity index is 2.15. The smallest absolute Gasteiger partial charge is 0.322 e. The minimum absolute atomic E-state index is 0.0984. The Labute approximate surface area is 166 Å². The van der Waals surface area contributed by atoms with Crippen LogP contribution in [0, 0.1) is 5.21 Å². The SMILES string of the molecule is O=C(NCCCl)N1CC[N+]([O-])=C(c2ccccc2Cl)c2cc(Cl)ccc21. The average Bonchev–Trinajstić information content (AvgIpc) is 2.76. The molecule has 0 saturated carbocycles. The molecule has 2 amide bonds. The van der Waals surface area contributed by atoms with Gasteiger partial charge in [-0.25, -0.2) is 9.53 Å². The fraction of sp³-hybridized carbons (Fsp3) is 0.222. The van der Waals surface area contributed by atoms with E-state index >= 15 is 0 Å². The second kappa shape index (κ2) is 8.16. The van der Waals surface area contributed by atoms with Gasteiger partial charge in [0.25, 0.3) is 0 Å². The molecule has 1 aliphatic heterocycles. The molecule has 2 aromatic carbocycles. The van der Waals surface area contributed by atoms with Gasteiger partial charge in [0.2, 0.25) is 5.71 Å². The van der Waals surface area contributed by atoms with E-state index in [9.17, 15) is 10.0 Å². The van der Waals surface area contributed by atoms with Crippen LogP contribution in [-0.4, -0.2) is 42.0 Å². The lowest BCUT2D eigenvalue weighted by Gasteiger charge is -2.22. The maximum atomic E-state index is 12.8. The van der Waals surface area contributed by atoms with Crippen LogP contribution in [-0.2, 0) is 0 Å². The molecule has 3 rings (SSSR count). The van der Waals surface area contributed by atoms with Crippen molar-refractivity contribution in [3.63, 3.8) is 0 Å². The number of nitrogens with one attached hydrogen (secondary N) is 1. The summed E-state index contributed by atoms with van der Waals surface area (Å²) in [6, 6.07) is 11.9. The van der Waals surface area contributed by atoms with Crippen molar-refractivity contribution in [1.82, 2.24) is 5.32 Å². The Hall–Kier alpha value is -1.95. The number of anilines is 1. The quantitative estimate of drug-likeness (QED) is 0.468. The van der Waals surface area contributed by atoms with Crippen molar-refractivity contribution in [2.75, 3.05) is 30.4 Å². The third-order valence-corrected chi connectivity index (χ3v) is 4.78. The highest BCUT2D eigenvalue weighted by Crippen LogP contribution is 2.31. The monoisotopic (exact) mass is 411 g/mol. The molecule has 5 nitrogen and oxygen atoms in total. The number of benzodiazepines with no additional fused rings is 1. The van der Waals surface area contributed by atoms with Crippen molar-refractivity contribution < 1.29 is 9.53 Å². The van der Waals surface area contributed by atoms with Gasteiger partial charge in [0, 0.05) is 17.4 Å². The molecule has 0 fully saturated rings. The molecule has 26 heavy (non-hydrogen) atoms. The number of hydroxylamine groups is 1. The maximum absolute atomic E-state index is 12.8. The number of hydrogen-bond acceptors (Lipinski definition) is 2. The molecule has 1 N–H and O–H groups in total. The number of halogens is 3. The van der Waals surface area contributed by atoms with Gasteiger partial charge in [0.15, 0.2) is 6.54 Å². The molecule has 1 heterocycles. The number of urea groups is 1. The van der Waals surface area contributed by atoms with Crippen molar-refractivity contribution in [2.45, 2.75) is 0 Å². The summed E-state index contributed by atoms with van der Waals surface area (Å²) in [4.78, 5) is 14.1. The van der Waals surface area contributed by atoms with E-state index in [4.69, 9.17) is 34.8 Å². The number of hydrogen-bond donors (Lipinski definition) is 1. The van der Waals surface area contributed by atoms with Gasteiger partial charge < -0.3 is 10.5 Å². The molecular weight excluding hydrogens is 397 g/mol. The largest absolute Gasteiger partial charge is 0.623 e. The highest BCUT2D eigenvalue weighted by Gasteiger charge is 2.30. The number of carbonyl (C=O) groups excluding carboxylic acids is 1. The number of alkyl halides is 1. The van der Waals surface area contributed by atoms with Crippen LogP contribution in [0.3, 0.4) is 0 Å². The first-order valence-electron chi connectivity index (χ1n) is 8.00. The summed E-state index contributed by atoms with van der Waals surface area (Å²) in [5.74, 6) is 0.303. The predicted molar refractivity (Wildman–Crippen MR) is 106 cm³/mol. The van der Waals surface area contributed by atoms with Crippen LogP contribution in [0.1, 0.15) is 11.1 Å². The lowest BCUT2D eigenvalue weighted by atomic mass is 10.00. The van der Waals surface area contributed by atoms with E-state index in [0.717, 1.165) is 4.74 Å². The van der Waals surface area contributed by atoms with E-state index in [1.807, 2.05) is 6.07 Å². The van der Waals surface area contributed by atoms with E-state index < -0.39 is 0 Å². The molecule has 0 spiro atoms. The average molecular weight is 413 g/mol. The summed E-state index contributed by atoms with van der Waals surface area (Å²) in [5.41, 5.74) is 2.13. The highest BCUT2D eigenvalue weighted by atomic mass is 35.5. The number of carbonyl (C=O) groups is 1. The Kier molecular flexibility index (Phi) is 5.91. The Morgan fingerprint density at radius 1 is 1.19 bits per heavy atom. The summed E-state index contributed by atoms with van der Waals surface area (Å²) in [6.07, 6.45) is 0. The predicted octanol–water partition coefficient (Wildman–Crippen LogP) is 4.11. The van der Waals surface area contributed by atoms with E-state index in [0.29, 0.717) is 45.0 Å². The van der Waals surface area contributed by atoms with Gasteiger partial charge >= 0.3 is 6.03 Å². The van der Waals surface area contributed by atoms with Gasteiger partial charge in [-0.05, 0) is 30.3 Å². The molecular formula is C18H16Cl3N3O2. The first-order valence-corrected chi connectivity index (χ1v) is 9.29. The number of benzene rings is 2. The second-order valence-electron chi connectivity index (χ2n) is 5.66. The van der Waals surface area contributed by atoms with Crippen molar-refractivity contribution in [3.05, 3.63) is 68.8 Å². The molecule has 0 bridgehead atoms. The Morgan fingerprint density at radius 2 is 1.96 bits per heavy atom. The minimum atomic E-state index is -0.317. The molecule has 8 heteroatoms. The van der Waals surface area contributed by atoms with Crippen LogP contribution in [0.4, 0.5) is 10.5 Å². The third kappa shape index (κ3) is 3.75. The molecule has 136 valence electrons. The van der Waals surface area contributed by atoms with Gasteiger partial charge in [0.1, 0.15) is 0 Å². The molecule has 0 atom stereocenters. The van der Waals surface area contributed by atoms with E-state index in [1.54, 1.807) is 36.4 Å². The number of nitrogens with zero attached hydrogens (tertiary/aromatic N) is 2. The topological polar surface area (TPSA) is 58.4 Å². The number of rotatable bonds is 3. The van der Waals surface area contributed by atoms with Crippen molar-refractivity contribution in [1.29, 1.82) is 0 Å². The van der Waals surface area contributed by atoms with Crippen LogP contribution in [0.2, 0.25) is 10.0 Å². The third-order valence-electron chi connectivity index (χ3n) is 4.03. The zero-order chi connectivity index (χ0) is 18.7. The normalized spacial score (nSPS) is 14.0. The molecule has 2 aromatic rings. The molecule has 0 aliphatic carbocycles. The summed E-state index contributed by atoms with van der Waals surface area (Å²) < 4.78 is 0.852. The van der Waals surface area contributed by atoms with Crippen molar-refractivity contribution in [3.8, 4) is 0 Å². The fourth-order valence-corrected chi connectivity index (χ4v) is 3.38. The van der Waals surface area contributed by atoms with Crippen molar-refractivity contribution >= 4 is 52.2 Å². The molecule has 0 radical (unpaired) electrons. The zero-order valence-electron chi connectivity index (χ0n) is 13.7. The van der Waals surface area contributed by atoms with Crippen LogP contribution >= 0.6 is 34.8 Å². The van der Waals surface area contributed by atoms with E-state index in [2.05, 4.69) is 5.32 Å². The van der Waals surface area contributed by atoms with Gasteiger partial charge in [-0.1, -0.05) is 35.3 Å². The summed E-state index contributed by atoms with van der Waals surface area (Å²) in [6.45, 7) is 0.656. The molecule has 0 saturated heterocycles. The second-order valence-corrected chi connectivity index (χ2v) is 6.89. The maximum Gasteiger partial charge on any atom is 0.322 e. The first kappa shape index (κ1) is 18.8. The lowest BCUT2D eigenvalue weighted by Crippen LogP contribution is -2.42. The van der Waals surface area contributed by atoms with Crippen LogP contribution in [0.15, 0.2) is 42.5 Å². The Morgan fingerprint density at radius 3 is 2.69 bits per heavy atom. The number of fused-ring (bicyclic) bond motifs is 1. The van der Waals surface area contributed by atoms with E-state index in [1.165, 1.54) is 4.90 Å². The minimum Gasteiger partial charge on any atom is -0.623 e. The van der Waals surface area contributed by atoms with Crippen LogP contribution in [0.25, 0.3) is 0 Å². The summed E-state index contributed by atoms with van der Waals surface area (Å²) in [5, 5.41) is 16.5. The Bertz CT molecular complexity index is 871. The fourth-order valence-electron chi connectivity index (χ4n) is 2.88. The summed E-state index contributed by atoms with van der Waals surface area (Å²) >= 11 is 18.2. The zero-order valence-corrected chi connectivity index (χ0v) is 16.0. The standard InChI is InChI=1S/C18H16Cl3N3O2/c19-7-8-22-18(25)23-9-10-24(26)17(13-3-1-2-4-15(13)21)14-11-12(20)5-6-16(14)23/h1-6,11H,7-10H2,(H,22,25). The van der Waals surface area contributed by atoms with Gasteiger partial charge in [0.05, 0.1) is 28.4 Å². The molecule has 1 aliphatic rings. The number of amides is 2. The highest BCUT2D eigenvalue weighted by molar-refractivity contribution is 6.36. The van der Waals surface area contributed by atoms with Crippen molar-refractivity contribution in [2.24, 2.45) is 0 Å². The first-order chi connectivity index (χ1) is 12.5. The van der Waals surface area contributed by atoms with Crippen LogP contribution in [0.5, 0.6) is 0 Å². The van der Waals surface area contributed by atoms with Gasteiger partial charge in [-0.15, -0.1) is 11.6 Å². The van der Waals surface area contributed by atoms with E-state index in [-0.39, 0.29) is 19.1 Å². The molecule has 0 aromatic heterocycles. The van der Waals surface area contributed by atoms with Gasteiger partial charge in [-0.2, -0.15) is 0 Å². The van der Waals surface area contributed by atoms with Crippen LogP contribution < -0.4 is 10.2 Å². The lowest BCUT2D eigenvalue weighted by molar-refractivity contribution is -0.452. The molecule has 0 unspecified atom stereocenters. The summed E-state index contributed by atoms with van der Waals surface area (Å²) in [7, 11) is 0.